The van der Waals surface area contributed by atoms with Gasteiger partial charge in [0, 0.05) is 12.6 Å². The molecule has 0 aliphatic rings. The second kappa shape index (κ2) is 6.18. The van der Waals surface area contributed by atoms with Crippen LogP contribution in [0.3, 0.4) is 0 Å². The molecule has 2 atom stereocenters. The van der Waals surface area contributed by atoms with Crippen LogP contribution < -0.4 is 5.32 Å². The van der Waals surface area contributed by atoms with Crippen molar-refractivity contribution in [3.8, 4) is 0 Å². The van der Waals surface area contributed by atoms with Crippen molar-refractivity contribution in [2.24, 2.45) is 0 Å². The van der Waals surface area contributed by atoms with E-state index in [9.17, 15) is 9.50 Å². The fraction of sp³-hybridized carbons (Fsp3) is 0.500. The van der Waals surface area contributed by atoms with Gasteiger partial charge in [-0.3, -0.25) is 0 Å². The van der Waals surface area contributed by atoms with E-state index in [2.05, 4.69) is 5.32 Å². The summed E-state index contributed by atoms with van der Waals surface area (Å²) in [5.74, 6) is -0.399. The number of hydrogen-bond donors (Lipinski definition) is 2. The predicted molar refractivity (Wildman–Crippen MR) is 64.0 cm³/mol. The van der Waals surface area contributed by atoms with E-state index in [4.69, 9.17) is 11.6 Å². The first kappa shape index (κ1) is 13.4. The third-order valence-corrected chi connectivity index (χ3v) is 2.64. The molecule has 0 spiro atoms. The number of rotatable bonds is 5. The predicted octanol–water partition coefficient (Wildman–Crippen LogP) is 2.73. The Morgan fingerprint density at radius 1 is 1.44 bits per heavy atom. The van der Waals surface area contributed by atoms with Gasteiger partial charge in [0.25, 0.3) is 0 Å². The Morgan fingerprint density at radius 2 is 2.12 bits per heavy atom. The van der Waals surface area contributed by atoms with Crippen LogP contribution in [0.4, 0.5) is 4.39 Å². The van der Waals surface area contributed by atoms with Gasteiger partial charge in [-0.15, -0.1) is 0 Å². The van der Waals surface area contributed by atoms with E-state index >= 15 is 0 Å². The standard InChI is InChI=1S/C12H17ClFNO/c1-8(5-9(2)16)15-7-10-3-4-11(13)12(14)6-10/h3-4,6,8-9,15-16H,5,7H2,1-2H3. The van der Waals surface area contributed by atoms with Crippen LogP contribution in [0.2, 0.25) is 5.02 Å². The molecule has 2 nitrogen and oxygen atoms in total. The second-order valence-corrected chi connectivity index (χ2v) is 4.52. The summed E-state index contributed by atoms with van der Waals surface area (Å²) in [6.45, 7) is 4.31. The second-order valence-electron chi connectivity index (χ2n) is 4.12. The van der Waals surface area contributed by atoms with E-state index in [1.165, 1.54) is 6.07 Å². The highest BCUT2D eigenvalue weighted by Gasteiger charge is 2.06. The Bertz CT molecular complexity index is 344. The van der Waals surface area contributed by atoms with Gasteiger partial charge in [0.2, 0.25) is 0 Å². The molecular weight excluding hydrogens is 229 g/mol. The third kappa shape index (κ3) is 4.47. The summed E-state index contributed by atoms with van der Waals surface area (Å²) in [7, 11) is 0. The minimum atomic E-state index is -0.399. The van der Waals surface area contributed by atoms with Gasteiger partial charge in [-0.1, -0.05) is 17.7 Å². The first-order valence-electron chi connectivity index (χ1n) is 5.34. The Labute approximate surface area is 100 Å². The maximum absolute atomic E-state index is 13.1. The van der Waals surface area contributed by atoms with Crippen molar-refractivity contribution < 1.29 is 9.50 Å². The van der Waals surface area contributed by atoms with Crippen LogP contribution >= 0.6 is 11.6 Å². The normalized spacial score (nSPS) is 14.8. The van der Waals surface area contributed by atoms with Crippen molar-refractivity contribution in [2.75, 3.05) is 0 Å². The molecular formula is C12H17ClFNO. The molecule has 0 aromatic heterocycles. The van der Waals surface area contributed by atoms with Gasteiger partial charge in [-0.25, -0.2) is 4.39 Å². The lowest BCUT2D eigenvalue weighted by Crippen LogP contribution is -2.28. The van der Waals surface area contributed by atoms with Gasteiger partial charge >= 0.3 is 0 Å². The fourth-order valence-corrected chi connectivity index (χ4v) is 1.65. The molecule has 4 heteroatoms. The van der Waals surface area contributed by atoms with E-state index in [1.807, 2.05) is 6.92 Å². The van der Waals surface area contributed by atoms with Crippen LogP contribution in [0, 0.1) is 5.82 Å². The lowest BCUT2D eigenvalue weighted by molar-refractivity contribution is 0.170. The molecule has 0 amide bonds. The van der Waals surface area contributed by atoms with Crippen molar-refractivity contribution >= 4 is 11.6 Å². The molecule has 1 rings (SSSR count). The first-order chi connectivity index (χ1) is 7.49. The van der Waals surface area contributed by atoms with E-state index in [0.29, 0.717) is 13.0 Å². The first-order valence-corrected chi connectivity index (χ1v) is 5.72. The molecule has 0 radical (unpaired) electrons. The number of hydrogen-bond acceptors (Lipinski definition) is 2. The summed E-state index contributed by atoms with van der Waals surface area (Å²) < 4.78 is 13.1. The van der Waals surface area contributed by atoms with Gasteiger partial charge in [0.15, 0.2) is 0 Å². The monoisotopic (exact) mass is 245 g/mol. The largest absolute Gasteiger partial charge is 0.393 e. The zero-order valence-electron chi connectivity index (χ0n) is 9.50. The summed E-state index contributed by atoms with van der Waals surface area (Å²) in [5.41, 5.74) is 0.847. The van der Waals surface area contributed by atoms with E-state index in [-0.39, 0.29) is 17.2 Å². The maximum atomic E-state index is 13.1. The van der Waals surface area contributed by atoms with Crippen LogP contribution in [-0.2, 0) is 6.54 Å². The van der Waals surface area contributed by atoms with E-state index in [0.717, 1.165) is 5.56 Å². The molecule has 0 aliphatic heterocycles. The van der Waals surface area contributed by atoms with Crippen LogP contribution in [-0.4, -0.2) is 17.3 Å². The zero-order chi connectivity index (χ0) is 12.1. The van der Waals surface area contributed by atoms with Gasteiger partial charge in [-0.05, 0) is 38.0 Å². The lowest BCUT2D eigenvalue weighted by atomic mass is 10.1. The molecule has 0 saturated heterocycles. The number of halogens is 2. The Morgan fingerprint density at radius 3 is 2.69 bits per heavy atom. The summed E-state index contributed by atoms with van der Waals surface area (Å²) in [6, 6.07) is 4.95. The summed E-state index contributed by atoms with van der Waals surface area (Å²) in [5, 5.41) is 12.5. The van der Waals surface area contributed by atoms with Crippen LogP contribution in [0.1, 0.15) is 25.8 Å². The fourth-order valence-electron chi connectivity index (χ4n) is 1.54. The molecule has 1 aromatic carbocycles. The van der Waals surface area contributed by atoms with Gasteiger partial charge in [-0.2, -0.15) is 0 Å². The number of benzene rings is 1. The molecule has 2 N–H and O–H groups in total. The highest BCUT2D eigenvalue weighted by Crippen LogP contribution is 2.15. The van der Waals surface area contributed by atoms with Crippen LogP contribution in [0.15, 0.2) is 18.2 Å². The Kier molecular flexibility index (Phi) is 5.19. The quantitative estimate of drug-likeness (QED) is 0.836. The summed E-state index contributed by atoms with van der Waals surface area (Å²) in [4.78, 5) is 0. The molecule has 1 aromatic rings. The SMILES string of the molecule is CC(O)CC(C)NCc1ccc(Cl)c(F)c1. The molecule has 0 fully saturated rings. The third-order valence-electron chi connectivity index (χ3n) is 2.33. The highest BCUT2D eigenvalue weighted by molar-refractivity contribution is 6.30. The smallest absolute Gasteiger partial charge is 0.142 e. The van der Waals surface area contributed by atoms with Crippen LogP contribution in [0.25, 0.3) is 0 Å². The van der Waals surface area contributed by atoms with Crippen molar-refractivity contribution in [2.45, 2.75) is 39.0 Å². The minimum Gasteiger partial charge on any atom is -0.393 e. The molecule has 2 unspecified atom stereocenters. The molecule has 0 heterocycles. The summed E-state index contributed by atoms with van der Waals surface area (Å²) in [6.07, 6.45) is 0.347. The van der Waals surface area contributed by atoms with Gasteiger partial charge in [0.05, 0.1) is 11.1 Å². The molecule has 16 heavy (non-hydrogen) atoms. The summed E-state index contributed by atoms with van der Waals surface area (Å²) >= 11 is 5.58. The molecule has 0 saturated carbocycles. The van der Waals surface area contributed by atoms with Crippen molar-refractivity contribution in [3.63, 3.8) is 0 Å². The van der Waals surface area contributed by atoms with Crippen molar-refractivity contribution in [1.82, 2.24) is 5.32 Å². The molecule has 0 bridgehead atoms. The molecule has 0 aliphatic carbocycles. The molecule has 90 valence electrons. The van der Waals surface area contributed by atoms with E-state index < -0.39 is 5.82 Å². The van der Waals surface area contributed by atoms with Gasteiger partial charge < -0.3 is 10.4 Å². The highest BCUT2D eigenvalue weighted by atomic mass is 35.5. The van der Waals surface area contributed by atoms with Gasteiger partial charge in [0.1, 0.15) is 5.82 Å². The van der Waals surface area contributed by atoms with E-state index in [1.54, 1.807) is 19.1 Å². The number of aliphatic hydroxyl groups is 1. The zero-order valence-corrected chi connectivity index (χ0v) is 10.3. The topological polar surface area (TPSA) is 32.3 Å². The Balaban J connectivity index is 2.45. The van der Waals surface area contributed by atoms with Crippen molar-refractivity contribution in [3.05, 3.63) is 34.6 Å². The average Bonchev–Trinajstić information content (AvgIpc) is 2.19. The Hall–Kier alpha value is -0.640. The lowest BCUT2D eigenvalue weighted by Gasteiger charge is -2.15. The maximum Gasteiger partial charge on any atom is 0.142 e. The van der Waals surface area contributed by atoms with Crippen molar-refractivity contribution in [1.29, 1.82) is 0 Å². The van der Waals surface area contributed by atoms with Crippen LogP contribution in [0.5, 0.6) is 0 Å². The number of aliphatic hydroxyl groups excluding tert-OH is 1. The number of nitrogens with one attached hydrogen (secondary N) is 1. The average molecular weight is 246 g/mol. The minimum absolute atomic E-state index is 0.140.